The molecular weight excluding hydrogens is 398 g/mol. The molecule has 0 radical (unpaired) electrons. The summed E-state index contributed by atoms with van der Waals surface area (Å²) < 4.78 is 60.3. The maximum Gasteiger partial charge on any atom is 0.331 e. The van der Waals surface area contributed by atoms with Crippen LogP contribution in [-0.4, -0.2) is 10.5 Å². The fraction of sp³-hybridized carbons (Fsp3) is 0.188. The number of hydrogen-bond acceptors (Lipinski definition) is 5. The van der Waals surface area contributed by atoms with Crippen LogP contribution in [-0.2, 0) is 4.89 Å². The summed E-state index contributed by atoms with van der Waals surface area (Å²) >= 11 is 5.70. The molecule has 4 nitrogen and oxygen atoms in total. The van der Waals surface area contributed by atoms with Crippen molar-refractivity contribution in [3.8, 4) is 17.6 Å². The predicted molar refractivity (Wildman–Crippen MR) is 84.9 cm³/mol. The van der Waals surface area contributed by atoms with Crippen molar-refractivity contribution in [2.24, 2.45) is 0 Å². The first-order valence-electron chi connectivity index (χ1n) is 6.97. The average Bonchev–Trinajstić information content (AvgIpc) is 2.82. The Balaban J connectivity index is 2.08. The van der Waals surface area contributed by atoms with Gasteiger partial charge in [-0.1, -0.05) is 17.7 Å². The van der Waals surface area contributed by atoms with Crippen molar-refractivity contribution in [3.05, 3.63) is 52.0 Å². The lowest BCUT2D eigenvalue weighted by molar-refractivity contribution is -0.310. The molecule has 1 N–H and O–H groups in total. The Morgan fingerprint density at radius 2 is 2.00 bits per heavy atom. The predicted octanol–water partition coefficient (Wildman–Crippen LogP) is 6.17. The molecule has 26 heavy (non-hydrogen) atoms. The Morgan fingerprint density at radius 1 is 1.27 bits per heavy atom. The lowest BCUT2D eigenvalue weighted by atomic mass is 10.1. The highest BCUT2D eigenvalue weighted by Gasteiger charge is 2.52. The highest BCUT2D eigenvalue weighted by molar-refractivity contribution is 8.00. The number of rotatable bonds is 4. The van der Waals surface area contributed by atoms with Gasteiger partial charge in [0.25, 0.3) is 6.43 Å². The number of hydrogen-bond donors (Lipinski definition) is 1. The van der Waals surface area contributed by atoms with E-state index in [4.69, 9.17) is 26.9 Å². The van der Waals surface area contributed by atoms with Crippen LogP contribution in [0.25, 0.3) is 0 Å². The van der Waals surface area contributed by atoms with Gasteiger partial charge < -0.3 is 4.74 Å². The molecule has 10 heteroatoms. The maximum absolute atomic E-state index is 13.9. The molecule has 0 saturated heterocycles. The van der Waals surface area contributed by atoms with E-state index >= 15 is 0 Å². The van der Waals surface area contributed by atoms with Crippen molar-refractivity contribution in [1.29, 1.82) is 5.26 Å². The monoisotopic (exact) mass is 405 g/mol. The first-order chi connectivity index (χ1) is 12.3. The zero-order valence-corrected chi connectivity index (χ0v) is 14.1. The molecular formula is C16H8ClF4NO3S. The second-order valence-electron chi connectivity index (χ2n) is 5.24. The van der Waals surface area contributed by atoms with E-state index < -0.39 is 28.2 Å². The number of nitrogens with zero attached hydrogens (tertiary/aromatic N) is 1. The quantitative estimate of drug-likeness (QED) is 0.374. The lowest BCUT2D eigenvalue weighted by Gasteiger charge is -2.15. The van der Waals surface area contributed by atoms with E-state index in [1.165, 1.54) is 18.2 Å². The molecule has 1 unspecified atom stereocenters. The molecule has 0 aromatic heterocycles. The van der Waals surface area contributed by atoms with Crippen molar-refractivity contribution < 1.29 is 32.4 Å². The van der Waals surface area contributed by atoms with Crippen LogP contribution < -0.4 is 4.74 Å². The van der Waals surface area contributed by atoms with Crippen molar-refractivity contribution in [1.82, 2.24) is 0 Å². The van der Waals surface area contributed by atoms with Gasteiger partial charge in [-0.2, -0.15) is 14.0 Å². The number of alkyl halides is 4. The summed E-state index contributed by atoms with van der Waals surface area (Å²) in [5, 5.41) is 14.2. The Bertz CT molecular complexity index is 904. The van der Waals surface area contributed by atoms with Crippen molar-refractivity contribution >= 4 is 23.4 Å². The highest BCUT2D eigenvalue weighted by atomic mass is 35.5. The number of nitriles is 1. The van der Waals surface area contributed by atoms with E-state index in [0.29, 0.717) is 0 Å². The first kappa shape index (κ1) is 18.8. The molecule has 136 valence electrons. The second kappa shape index (κ2) is 6.96. The Labute approximate surface area is 153 Å². The van der Waals surface area contributed by atoms with Crippen molar-refractivity contribution in [2.75, 3.05) is 0 Å². The van der Waals surface area contributed by atoms with Crippen molar-refractivity contribution in [2.45, 2.75) is 22.7 Å². The van der Waals surface area contributed by atoms with Gasteiger partial charge in [0.1, 0.15) is 11.5 Å². The summed E-state index contributed by atoms with van der Waals surface area (Å²) in [6, 6.07) is 7.94. The van der Waals surface area contributed by atoms with Gasteiger partial charge in [-0.3, -0.25) is 5.26 Å². The SMILES string of the molecule is N#Cc1cc(Cl)cc(Oc2ccc3c(c2C(F)F)SC(F)(F)C3OO)c1. The summed E-state index contributed by atoms with van der Waals surface area (Å²) in [6.07, 6.45) is -5.19. The molecule has 2 aromatic carbocycles. The van der Waals surface area contributed by atoms with Gasteiger partial charge in [0.2, 0.25) is 0 Å². The topological polar surface area (TPSA) is 62.5 Å². The number of thioether (sulfide) groups is 1. The third-order valence-corrected chi connectivity index (χ3v) is 4.93. The van der Waals surface area contributed by atoms with E-state index in [9.17, 15) is 17.6 Å². The third kappa shape index (κ3) is 3.33. The zero-order chi connectivity index (χ0) is 19.1. The number of fused-ring (bicyclic) bond motifs is 1. The van der Waals surface area contributed by atoms with Crippen LogP contribution in [0, 0.1) is 11.3 Å². The summed E-state index contributed by atoms with van der Waals surface area (Å²) in [6.45, 7) is 0. The Kier molecular flexibility index (Phi) is 5.03. The van der Waals surface area contributed by atoms with Crippen LogP contribution in [0.4, 0.5) is 17.6 Å². The fourth-order valence-electron chi connectivity index (χ4n) is 2.52. The summed E-state index contributed by atoms with van der Waals surface area (Å²) in [5.41, 5.74) is -0.888. The van der Waals surface area contributed by atoms with E-state index in [-0.39, 0.29) is 39.4 Å². The molecule has 1 aliphatic rings. The molecule has 2 aromatic rings. The largest absolute Gasteiger partial charge is 0.457 e. The van der Waals surface area contributed by atoms with E-state index in [1.54, 1.807) is 0 Å². The van der Waals surface area contributed by atoms with Gasteiger partial charge >= 0.3 is 5.25 Å². The molecule has 0 fully saturated rings. The van der Waals surface area contributed by atoms with Crippen LogP contribution >= 0.6 is 23.4 Å². The molecule has 0 amide bonds. The minimum absolute atomic E-state index is 0.000570. The van der Waals surface area contributed by atoms with Crippen LogP contribution in [0.1, 0.15) is 29.2 Å². The first-order valence-corrected chi connectivity index (χ1v) is 8.16. The van der Waals surface area contributed by atoms with Crippen LogP contribution in [0.5, 0.6) is 11.5 Å². The molecule has 1 heterocycles. The van der Waals surface area contributed by atoms with E-state index in [1.807, 2.05) is 6.07 Å². The summed E-state index contributed by atoms with van der Waals surface area (Å²) in [4.78, 5) is 3.35. The standard InChI is InChI=1S/C16H8ClF4NO3S/c17-8-3-7(6-22)4-9(5-8)24-11-2-1-10-13(12(11)15(18)19)26-16(20,21)14(10)25-23/h1-5,14-15,23H. The highest BCUT2D eigenvalue weighted by Crippen LogP contribution is 2.59. The van der Waals surface area contributed by atoms with Gasteiger partial charge in [0.05, 0.1) is 17.2 Å². The van der Waals surface area contributed by atoms with Gasteiger partial charge in [-0.25, -0.2) is 13.7 Å². The third-order valence-electron chi connectivity index (χ3n) is 3.56. The number of benzene rings is 2. The normalized spacial score (nSPS) is 17.8. The van der Waals surface area contributed by atoms with Crippen LogP contribution in [0.15, 0.2) is 35.2 Å². The minimum atomic E-state index is -3.62. The summed E-state index contributed by atoms with van der Waals surface area (Å²) in [5.74, 6) is -0.368. The smallest absolute Gasteiger partial charge is 0.331 e. The molecule has 3 rings (SSSR count). The number of ether oxygens (including phenoxy) is 1. The average molecular weight is 406 g/mol. The van der Waals surface area contributed by atoms with E-state index in [0.717, 1.165) is 12.1 Å². The molecule has 0 spiro atoms. The molecule has 1 atom stereocenters. The zero-order valence-electron chi connectivity index (χ0n) is 12.6. The Morgan fingerprint density at radius 3 is 2.62 bits per heavy atom. The Hall–Kier alpha value is -1.99. The molecule has 0 saturated carbocycles. The molecule has 1 aliphatic heterocycles. The lowest BCUT2D eigenvalue weighted by Crippen LogP contribution is -2.18. The number of halogens is 5. The minimum Gasteiger partial charge on any atom is -0.457 e. The fourth-order valence-corrected chi connectivity index (χ4v) is 3.88. The van der Waals surface area contributed by atoms with Gasteiger partial charge in [0.15, 0.2) is 6.10 Å². The second-order valence-corrected chi connectivity index (χ2v) is 6.83. The maximum atomic E-state index is 13.9. The van der Waals surface area contributed by atoms with Gasteiger partial charge in [0, 0.05) is 15.5 Å². The van der Waals surface area contributed by atoms with Crippen LogP contribution in [0.3, 0.4) is 0 Å². The van der Waals surface area contributed by atoms with Crippen LogP contribution in [0.2, 0.25) is 5.02 Å². The molecule has 0 bridgehead atoms. The van der Waals surface area contributed by atoms with Gasteiger partial charge in [-0.15, -0.1) is 0 Å². The molecule has 0 aliphatic carbocycles. The summed E-state index contributed by atoms with van der Waals surface area (Å²) in [7, 11) is 0. The van der Waals surface area contributed by atoms with E-state index in [2.05, 4.69) is 4.89 Å². The van der Waals surface area contributed by atoms with Gasteiger partial charge in [-0.05, 0) is 36.0 Å². The van der Waals surface area contributed by atoms with Crippen molar-refractivity contribution in [3.63, 3.8) is 0 Å².